The van der Waals surface area contributed by atoms with Crippen LogP contribution in [-0.4, -0.2) is 38.5 Å². The van der Waals surface area contributed by atoms with E-state index in [4.69, 9.17) is 9.47 Å². The molecule has 0 aliphatic carbocycles. The summed E-state index contributed by atoms with van der Waals surface area (Å²) in [7, 11) is 1.68. The van der Waals surface area contributed by atoms with Gasteiger partial charge in [0.2, 0.25) is 0 Å². The van der Waals surface area contributed by atoms with Gasteiger partial charge in [0.15, 0.2) is 0 Å². The summed E-state index contributed by atoms with van der Waals surface area (Å²) in [5.41, 5.74) is 2.42. The first-order valence-corrected chi connectivity index (χ1v) is 6.49. The smallest absolute Gasteiger partial charge is 0.0700 e. The Bertz CT molecular complexity index is 331. The Morgan fingerprint density at radius 1 is 1.28 bits per heavy atom. The number of rotatable bonds is 9. The van der Waals surface area contributed by atoms with E-state index >= 15 is 0 Å². The third-order valence-corrected chi connectivity index (χ3v) is 2.73. The van der Waals surface area contributed by atoms with Crippen LogP contribution in [0.5, 0.6) is 0 Å². The first-order valence-electron chi connectivity index (χ1n) is 6.49. The molecule has 1 unspecified atom stereocenters. The predicted molar refractivity (Wildman–Crippen MR) is 72.7 cm³/mol. The molecule has 0 radical (unpaired) electrons. The van der Waals surface area contributed by atoms with Gasteiger partial charge in [-0.05, 0) is 31.0 Å². The van der Waals surface area contributed by atoms with Crippen LogP contribution in [-0.2, 0) is 9.47 Å². The number of pyridine rings is 1. The largest absolute Gasteiger partial charge is 0.382 e. The third kappa shape index (κ3) is 5.58. The Balaban J connectivity index is 2.44. The highest BCUT2D eigenvalue weighted by Crippen LogP contribution is 2.16. The zero-order chi connectivity index (χ0) is 13.2. The summed E-state index contributed by atoms with van der Waals surface area (Å²) in [5, 5.41) is 3.47. The average molecular weight is 252 g/mol. The Hall–Kier alpha value is -0.970. The van der Waals surface area contributed by atoms with Crippen LogP contribution < -0.4 is 5.32 Å². The highest BCUT2D eigenvalue weighted by molar-refractivity contribution is 5.20. The molecule has 4 nitrogen and oxygen atoms in total. The van der Waals surface area contributed by atoms with E-state index in [1.165, 1.54) is 11.1 Å². The van der Waals surface area contributed by atoms with Crippen molar-refractivity contribution in [3.05, 3.63) is 29.6 Å². The van der Waals surface area contributed by atoms with Crippen LogP contribution in [0.15, 0.2) is 18.5 Å². The molecule has 1 aromatic rings. The number of nitrogens with zero attached hydrogens (tertiary/aromatic N) is 1. The van der Waals surface area contributed by atoms with E-state index in [0.29, 0.717) is 19.3 Å². The maximum absolute atomic E-state index is 5.52. The Morgan fingerprint density at radius 2 is 2.11 bits per heavy atom. The van der Waals surface area contributed by atoms with Gasteiger partial charge >= 0.3 is 0 Å². The van der Waals surface area contributed by atoms with Crippen molar-refractivity contribution in [2.24, 2.45) is 0 Å². The molecule has 0 bridgehead atoms. The van der Waals surface area contributed by atoms with Crippen LogP contribution >= 0.6 is 0 Å². The lowest BCUT2D eigenvalue weighted by molar-refractivity contribution is 0.0658. The molecule has 0 amide bonds. The summed E-state index contributed by atoms with van der Waals surface area (Å²) in [4.78, 5) is 4.24. The maximum Gasteiger partial charge on any atom is 0.0700 e. The molecular weight excluding hydrogens is 228 g/mol. The van der Waals surface area contributed by atoms with Gasteiger partial charge in [0.25, 0.3) is 0 Å². The van der Waals surface area contributed by atoms with Crippen molar-refractivity contribution in [2.75, 3.05) is 33.5 Å². The van der Waals surface area contributed by atoms with Crippen molar-refractivity contribution in [1.82, 2.24) is 10.3 Å². The minimum absolute atomic E-state index is 0.310. The zero-order valence-corrected chi connectivity index (χ0v) is 11.6. The monoisotopic (exact) mass is 252 g/mol. The topological polar surface area (TPSA) is 43.4 Å². The van der Waals surface area contributed by atoms with Gasteiger partial charge in [-0.25, -0.2) is 0 Å². The lowest BCUT2D eigenvalue weighted by atomic mass is 10.0. The van der Waals surface area contributed by atoms with Crippen LogP contribution in [0.25, 0.3) is 0 Å². The van der Waals surface area contributed by atoms with E-state index in [1.54, 1.807) is 7.11 Å². The molecule has 1 aromatic heterocycles. The first-order chi connectivity index (χ1) is 8.77. The van der Waals surface area contributed by atoms with Gasteiger partial charge in [0.1, 0.15) is 0 Å². The van der Waals surface area contributed by atoms with Gasteiger partial charge in [-0.2, -0.15) is 0 Å². The number of ether oxygens (including phenoxy) is 2. The van der Waals surface area contributed by atoms with Crippen LogP contribution in [0.3, 0.4) is 0 Å². The van der Waals surface area contributed by atoms with Gasteiger partial charge in [-0.1, -0.05) is 13.0 Å². The second kappa shape index (κ2) is 9.03. The normalized spacial score (nSPS) is 12.6. The molecule has 0 saturated heterocycles. The summed E-state index contributed by atoms with van der Waals surface area (Å²) < 4.78 is 10.5. The Labute approximate surface area is 110 Å². The lowest BCUT2D eigenvalue weighted by Gasteiger charge is -2.18. The number of aromatic nitrogens is 1. The van der Waals surface area contributed by atoms with E-state index in [2.05, 4.69) is 30.2 Å². The van der Waals surface area contributed by atoms with E-state index < -0.39 is 0 Å². The molecule has 1 heterocycles. The summed E-state index contributed by atoms with van der Waals surface area (Å²) >= 11 is 0. The van der Waals surface area contributed by atoms with Crippen LogP contribution in [0.1, 0.15) is 30.5 Å². The third-order valence-electron chi connectivity index (χ3n) is 2.73. The first kappa shape index (κ1) is 15.1. The lowest BCUT2D eigenvalue weighted by Crippen LogP contribution is -2.23. The van der Waals surface area contributed by atoms with Gasteiger partial charge in [0, 0.05) is 32.2 Å². The molecule has 0 aliphatic rings. The fourth-order valence-corrected chi connectivity index (χ4v) is 1.85. The average Bonchev–Trinajstić information content (AvgIpc) is 2.37. The fraction of sp³-hybridized carbons (Fsp3) is 0.643. The summed E-state index contributed by atoms with van der Waals surface area (Å²) in [5.74, 6) is 0. The Morgan fingerprint density at radius 3 is 2.78 bits per heavy atom. The van der Waals surface area contributed by atoms with Gasteiger partial charge in [-0.3, -0.25) is 4.98 Å². The number of hydrogen-bond acceptors (Lipinski definition) is 4. The van der Waals surface area contributed by atoms with Crippen molar-refractivity contribution in [3.8, 4) is 0 Å². The molecule has 0 aliphatic heterocycles. The molecular formula is C14H24N2O2. The van der Waals surface area contributed by atoms with Crippen molar-refractivity contribution in [1.29, 1.82) is 0 Å². The number of hydrogen-bond donors (Lipinski definition) is 1. The standard InChI is InChI=1S/C14H24N2O2/c1-4-16-14(5-6-18-8-7-17-3)13-9-12(2)10-15-11-13/h9-11,14,16H,4-8H2,1-3H3. The van der Waals surface area contributed by atoms with Crippen molar-refractivity contribution < 1.29 is 9.47 Å². The predicted octanol–water partition coefficient (Wildman–Crippen LogP) is 2.09. The van der Waals surface area contributed by atoms with E-state index in [9.17, 15) is 0 Å². The summed E-state index contributed by atoms with van der Waals surface area (Å²) in [6.45, 7) is 7.15. The fourth-order valence-electron chi connectivity index (χ4n) is 1.85. The van der Waals surface area contributed by atoms with Gasteiger partial charge in [0.05, 0.1) is 13.2 Å². The molecule has 102 valence electrons. The Kier molecular flexibility index (Phi) is 7.57. The SMILES string of the molecule is CCNC(CCOCCOC)c1cncc(C)c1. The second-order valence-corrected chi connectivity index (χ2v) is 4.30. The minimum atomic E-state index is 0.310. The van der Waals surface area contributed by atoms with E-state index in [0.717, 1.165) is 19.6 Å². The summed E-state index contributed by atoms with van der Waals surface area (Å²) in [6, 6.07) is 2.49. The highest BCUT2D eigenvalue weighted by Gasteiger charge is 2.10. The summed E-state index contributed by atoms with van der Waals surface area (Å²) in [6.07, 6.45) is 4.75. The molecule has 0 saturated carbocycles. The van der Waals surface area contributed by atoms with Crippen molar-refractivity contribution in [2.45, 2.75) is 26.3 Å². The molecule has 1 rings (SSSR count). The van der Waals surface area contributed by atoms with E-state index in [1.807, 2.05) is 12.4 Å². The molecule has 4 heteroatoms. The van der Waals surface area contributed by atoms with Crippen molar-refractivity contribution >= 4 is 0 Å². The minimum Gasteiger partial charge on any atom is -0.382 e. The van der Waals surface area contributed by atoms with Crippen LogP contribution in [0, 0.1) is 6.92 Å². The number of aryl methyl sites for hydroxylation is 1. The quantitative estimate of drug-likeness (QED) is 0.683. The van der Waals surface area contributed by atoms with Crippen molar-refractivity contribution in [3.63, 3.8) is 0 Å². The van der Waals surface area contributed by atoms with Crippen LogP contribution in [0.2, 0.25) is 0 Å². The molecule has 0 fully saturated rings. The zero-order valence-electron chi connectivity index (χ0n) is 11.6. The number of nitrogens with one attached hydrogen (secondary N) is 1. The maximum atomic E-state index is 5.52. The molecule has 1 atom stereocenters. The molecule has 1 N–H and O–H groups in total. The van der Waals surface area contributed by atoms with Gasteiger partial charge in [-0.15, -0.1) is 0 Å². The number of methoxy groups -OCH3 is 1. The highest BCUT2D eigenvalue weighted by atomic mass is 16.5. The second-order valence-electron chi connectivity index (χ2n) is 4.30. The molecule has 0 aromatic carbocycles. The van der Waals surface area contributed by atoms with Crippen LogP contribution in [0.4, 0.5) is 0 Å². The van der Waals surface area contributed by atoms with Gasteiger partial charge < -0.3 is 14.8 Å². The van der Waals surface area contributed by atoms with E-state index in [-0.39, 0.29) is 0 Å². The molecule has 18 heavy (non-hydrogen) atoms. The molecule has 0 spiro atoms.